The lowest BCUT2D eigenvalue weighted by atomic mass is 9.79. The van der Waals surface area contributed by atoms with E-state index in [0.717, 1.165) is 17.8 Å². The van der Waals surface area contributed by atoms with Crippen LogP contribution in [0.4, 0.5) is 0 Å². The summed E-state index contributed by atoms with van der Waals surface area (Å²) in [5.74, 6) is 2.84. The summed E-state index contributed by atoms with van der Waals surface area (Å²) in [6, 6.07) is 0. The lowest BCUT2D eigenvalue weighted by Gasteiger charge is -2.26. The van der Waals surface area contributed by atoms with Crippen LogP contribution >= 0.6 is 0 Å². The van der Waals surface area contributed by atoms with Crippen LogP contribution in [-0.4, -0.2) is 0 Å². The highest BCUT2D eigenvalue weighted by Crippen LogP contribution is 2.49. The molecule has 0 heteroatoms. The van der Waals surface area contributed by atoms with Crippen LogP contribution in [0.25, 0.3) is 0 Å². The highest BCUT2D eigenvalue weighted by Gasteiger charge is 2.38. The van der Waals surface area contributed by atoms with Gasteiger partial charge in [0.1, 0.15) is 0 Å². The average Bonchev–Trinajstić information content (AvgIpc) is 2.24. The maximum absolute atomic E-state index is 2.50. The van der Waals surface area contributed by atoms with Gasteiger partial charge in [-0.15, -0.1) is 0 Å². The molecule has 0 nitrogen and oxygen atoms in total. The van der Waals surface area contributed by atoms with Gasteiger partial charge in [0.25, 0.3) is 0 Å². The van der Waals surface area contributed by atoms with E-state index in [0.29, 0.717) is 5.41 Å². The van der Waals surface area contributed by atoms with Crippen LogP contribution in [0.1, 0.15) is 60.3 Å². The molecule has 0 aromatic heterocycles. The summed E-state index contributed by atoms with van der Waals surface area (Å²) in [7, 11) is 0. The van der Waals surface area contributed by atoms with Gasteiger partial charge in [-0.1, -0.05) is 41.0 Å². The van der Waals surface area contributed by atoms with Gasteiger partial charge in [-0.05, 0) is 42.4 Å². The minimum Gasteiger partial charge on any atom is -0.0651 e. The molecule has 1 fully saturated rings. The second-order valence-electron chi connectivity index (χ2n) is 5.96. The molecule has 3 atom stereocenters. The van der Waals surface area contributed by atoms with Crippen LogP contribution in [-0.2, 0) is 0 Å². The van der Waals surface area contributed by atoms with E-state index in [-0.39, 0.29) is 0 Å². The molecule has 0 bridgehead atoms. The average molecular weight is 182 g/mol. The first-order valence-electron chi connectivity index (χ1n) is 5.97. The zero-order chi connectivity index (χ0) is 10.1. The Morgan fingerprint density at radius 1 is 1.31 bits per heavy atom. The molecule has 0 amide bonds. The van der Waals surface area contributed by atoms with Crippen LogP contribution in [0.3, 0.4) is 0 Å². The Hall–Kier alpha value is 0. The maximum atomic E-state index is 2.50. The maximum Gasteiger partial charge on any atom is -0.0318 e. The summed E-state index contributed by atoms with van der Waals surface area (Å²) in [6.07, 6.45) is 5.75. The predicted octanol–water partition coefficient (Wildman–Crippen LogP) is 4.49. The van der Waals surface area contributed by atoms with Gasteiger partial charge in [0, 0.05) is 0 Å². The number of rotatable bonds is 3. The van der Waals surface area contributed by atoms with Crippen molar-refractivity contribution >= 4 is 0 Å². The molecule has 1 aliphatic rings. The molecule has 0 radical (unpaired) electrons. The third kappa shape index (κ3) is 2.72. The van der Waals surface area contributed by atoms with Gasteiger partial charge in [0.05, 0.1) is 0 Å². The molecule has 13 heavy (non-hydrogen) atoms. The largest absolute Gasteiger partial charge is 0.0651 e. The molecule has 0 heterocycles. The van der Waals surface area contributed by atoms with Crippen molar-refractivity contribution < 1.29 is 0 Å². The van der Waals surface area contributed by atoms with Crippen molar-refractivity contribution in [1.29, 1.82) is 0 Å². The molecule has 1 aliphatic carbocycles. The quantitative estimate of drug-likeness (QED) is 0.603. The van der Waals surface area contributed by atoms with Gasteiger partial charge in [0.15, 0.2) is 0 Å². The Kier molecular flexibility index (Phi) is 3.43. The van der Waals surface area contributed by atoms with Gasteiger partial charge < -0.3 is 0 Å². The van der Waals surface area contributed by atoms with Crippen LogP contribution in [0.5, 0.6) is 0 Å². The zero-order valence-corrected chi connectivity index (χ0v) is 10.1. The molecule has 0 aromatic carbocycles. The Labute approximate surface area is 84.1 Å². The fourth-order valence-corrected chi connectivity index (χ4v) is 3.56. The van der Waals surface area contributed by atoms with E-state index >= 15 is 0 Å². The number of hydrogen-bond donors (Lipinski definition) is 0. The first kappa shape index (κ1) is 11.1. The highest BCUT2D eigenvalue weighted by molar-refractivity contribution is 4.89. The Morgan fingerprint density at radius 2 is 1.92 bits per heavy atom. The first-order chi connectivity index (χ1) is 5.97. The molecule has 1 saturated carbocycles. The summed E-state index contributed by atoms with van der Waals surface area (Å²) >= 11 is 0. The van der Waals surface area contributed by atoms with E-state index in [4.69, 9.17) is 0 Å². The fourth-order valence-electron chi connectivity index (χ4n) is 3.56. The molecule has 0 aromatic rings. The third-order valence-corrected chi connectivity index (χ3v) is 3.80. The summed E-state index contributed by atoms with van der Waals surface area (Å²) in [4.78, 5) is 0. The van der Waals surface area contributed by atoms with Crippen molar-refractivity contribution in [2.45, 2.75) is 60.3 Å². The second-order valence-corrected chi connectivity index (χ2v) is 5.96. The number of hydrogen-bond acceptors (Lipinski definition) is 0. The summed E-state index contributed by atoms with van der Waals surface area (Å²) in [5, 5.41) is 0. The Bertz CT molecular complexity index is 159. The molecule has 0 spiro atoms. The minimum atomic E-state index is 0.661. The standard InChI is InChI=1S/C13H26/c1-6-12-9-13(5,7-10(2)3)8-11(12)4/h10-12H,6-9H2,1-5H3. The van der Waals surface area contributed by atoms with Crippen LogP contribution in [0, 0.1) is 23.2 Å². The van der Waals surface area contributed by atoms with Gasteiger partial charge in [-0.2, -0.15) is 0 Å². The predicted molar refractivity (Wildman–Crippen MR) is 59.7 cm³/mol. The molecule has 0 saturated heterocycles. The molecule has 3 unspecified atom stereocenters. The first-order valence-corrected chi connectivity index (χ1v) is 5.97. The summed E-state index contributed by atoms with van der Waals surface area (Å²) < 4.78 is 0. The van der Waals surface area contributed by atoms with Crippen molar-refractivity contribution in [2.24, 2.45) is 23.2 Å². The summed E-state index contributed by atoms with van der Waals surface area (Å²) in [6.45, 7) is 12.0. The topological polar surface area (TPSA) is 0 Å². The van der Waals surface area contributed by atoms with Gasteiger partial charge in [-0.25, -0.2) is 0 Å². The van der Waals surface area contributed by atoms with Crippen molar-refractivity contribution in [3.63, 3.8) is 0 Å². The summed E-state index contributed by atoms with van der Waals surface area (Å²) in [5.41, 5.74) is 0.661. The minimum absolute atomic E-state index is 0.661. The van der Waals surface area contributed by atoms with Crippen molar-refractivity contribution in [3.05, 3.63) is 0 Å². The smallest absolute Gasteiger partial charge is 0.0318 e. The molecule has 1 rings (SSSR count). The molecule has 78 valence electrons. The van der Waals surface area contributed by atoms with E-state index in [1.807, 2.05) is 0 Å². The molecule has 0 N–H and O–H groups in total. The van der Waals surface area contributed by atoms with Crippen molar-refractivity contribution in [2.75, 3.05) is 0 Å². The lowest BCUT2D eigenvalue weighted by molar-refractivity contribution is 0.251. The zero-order valence-electron chi connectivity index (χ0n) is 10.1. The fraction of sp³-hybridized carbons (Fsp3) is 1.00. The van der Waals surface area contributed by atoms with E-state index in [1.54, 1.807) is 0 Å². The van der Waals surface area contributed by atoms with Crippen LogP contribution in [0.2, 0.25) is 0 Å². The van der Waals surface area contributed by atoms with Crippen LogP contribution in [0.15, 0.2) is 0 Å². The molecular weight excluding hydrogens is 156 g/mol. The Morgan fingerprint density at radius 3 is 2.31 bits per heavy atom. The van der Waals surface area contributed by atoms with Gasteiger partial charge in [0.2, 0.25) is 0 Å². The van der Waals surface area contributed by atoms with Crippen molar-refractivity contribution in [1.82, 2.24) is 0 Å². The van der Waals surface area contributed by atoms with E-state index in [1.165, 1.54) is 25.7 Å². The van der Waals surface area contributed by atoms with E-state index in [9.17, 15) is 0 Å². The van der Waals surface area contributed by atoms with Crippen LogP contribution < -0.4 is 0 Å². The lowest BCUT2D eigenvalue weighted by Crippen LogP contribution is -2.15. The normalized spacial score (nSPS) is 40.2. The van der Waals surface area contributed by atoms with Crippen molar-refractivity contribution in [3.8, 4) is 0 Å². The van der Waals surface area contributed by atoms with Gasteiger partial charge in [-0.3, -0.25) is 0 Å². The third-order valence-electron chi connectivity index (χ3n) is 3.80. The van der Waals surface area contributed by atoms with Gasteiger partial charge >= 0.3 is 0 Å². The SMILES string of the molecule is CCC1CC(C)(CC(C)C)CC1C. The van der Waals surface area contributed by atoms with E-state index < -0.39 is 0 Å². The molecule has 0 aliphatic heterocycles. The molecular formula is C13H26. The highest BCUT2D eigenvalue weighted by atomic mass is 14.4. The van der Waals surface area contributed by atoms with E-state index in [2.05, 4.69) is 34.6 Å². The second kappa shape index (κ2) is 4.02. The monoisotopic (exact) mass is 182 g/mol. The Balaban J connectivity index is 2.54.